The van der Waals surface area contributed by atoms with Gasteiger partial charge in [-0.3, -0.25) is 19.8 Å². The van der Waals surface area contributed by atoms with Crippen LogP contribution in [0.25, 0.3) is 22.8 Å². The quantitative estimate of drug-likeness (QED) is 0.643. The van der Waals surface area contributed by atoms with Crippen molar-refractivity contribution in [3.63, 3.8) is 0 Å². The lowest BCUT2D eigenvalue weighted by Gasteiger charge is -2.45. The first-order valence-corrected chi connectivity index (χ1v) is 10.8. The van der Waals surface area contributed by atoms with Gasteiger partial charge >= 0.3 is 0 Å². The molecule has 0 saturated heterocycles. The number of carbonyl (C=O) groups excluding carboxylic acids is 1. The number of nitrogens with one attached hydrogen (secondary N) is 2. The van der Waals surface area contributed by atoms with Crippen molar-refractivity contribution in [2.45, 2.75) is 44.8 Å². The Labute approximate surface area is 185 Å². The van der Waals surface area contributed by atoms with Crippen molar-refractivity contribution >= 4 is 17.5 Å². The smallest absolute Gasteiger partial charge is 0.281 e. The number of fused-ring (bicyclic) bond motifs is 1. The van der Waals surface area contributed by atoms with Crippen molar-refractivity contribution in [1.29, 1.82) is 0 Å². The third-order valence-electron chi connectivity index (χ3n) is 6.54. The van der Waals surface area contributed by atoms with Crippen molar-refractivity contribution in [3.8, 4) is 22.8 Å². The zero-order valence-electron chi connectivity index (χ0n) is 18.4. The van der Waals surface area contributed by atoms with Crippen LogP contribution in [0.3, 0.4) is 0 Å². The first-order valence-electron chi connectivity index (χ1n) is 10.8. The number of hydrogen-bond acceptors (Lipinski definition) is 8. The number of H-pyrrole nitrogens is 1. The summed E-state index contributed by atoms with van der Waals surface area (Å²) in [6, 6.07) is 1.92. The summed E-state index contributed by atoms with van der Waals surface area (Å²) in [6.07, 6.45) is 10.2. The van der Waals surface area contributed by atoms with Crippen molar-refractivity contribution < 1.29 is 9.53 Å². The van der Waals surface area contributed by atoms with Crippen LogP contribution in [0, 0.1) is 12.8 Å². The molecule has 0 aromatic carbocycles. The van der Waals surface area contributed by atoms with E-state index in [1.807, 2.05) is 13.0 Å². The molecule has 1 aliphatic heterocycles. The van der Waals surface area contributed by atoms with Gasteiger partial charge in [0, 0.05) is 31.8 Å². The van der Waals surface area contributed by atoms with Gasteiger partial charge in [-0.1, -0.05) is 19.3 Å². The fourth-order valence-electron chi connectivity index (χ4n) is 4.78. The average Bonchev–Trinajstić information content (AvgIpc) is 3.37. The van der Waals surface area contributed by atoms with E-state index in [2.05, 4.69) is 30.5 Å². The van der Waals surface area contributed by atoms with Crippen molar-refractivity contribution in [2.75, 3.05) is 24.4 Å². The number of rotatable bonds is 4. The molecule has 0 bridgehead atoms. The number of aromatic nitrogens is 6. The highest BCUT2D eigenvalue weighted by Gasteiger charge is 2.52. The van der Waals surface area contributed by atoms with Crippen LogP contribution in [0.2, 0.25) is 0 Å². The average molecular weight is 435 g/mol. The predicted molar refractivity (Wildman–Crippen MR) is 119 cm³/mol. The van der Waals surface area contributed by atoms with Crippen molar-refractivity contribution in [3.05, 3.63) is 30.4 Å². The first kappa shape index (κ1) is 20.5. The zero-order valence-corrected chi connectivity index (χ0v) is 18.4. The van der Waals surface area contributed by atoms with E-state index < -0.39 is 5.72 Å². The third-order valence-corrected chi connectivity index (χ3v) is 6.54. The highest BCUT2D eigenvalue weighted by molar-refractivity contribution is 6.05. The lowest BCUT2D eigenvalue weighted by Crippen LogP contribution is -2.62. The minimum atomic E-state index is -1.10. The second kappa shape index (κ2) is 7.94. The lowest BCUT2D eigenvalue weighted by atomic mass is 9.80. The number of nitrogens with zero attached hydrogens (tertiary/aromatic N) is 6. The Morgan fingerprint density at radius 2 is 1.94 bits per heavy atom. The lowest BCUT2D eigenvalue weighted by molar-refractivity contribution is -0.145. The Bertz CT molecular complexity index is 1140. The van der Waals surface area contributed by atoms with Crippen LogP contribution < -0.4 is 10.2 Å². The highest BCUT2D eigenvalue weighted by atomic mass is 16.5. The molecule has 5 rings (SSSR count). The second-order valence-corrected chi connectivity index (χ2v) is 8.41. The monoisotopic (exact) mass is 434 g/mol. The molecule has 1 fully saturated rings. The molecule has 1 atom stereocenters. The number of likely N-dealkylation sites (N-methyl/N-ethyl adjacent to an activating group) is 1. The van der Waals surface area contributed by atoms with Crippen LogP contribution in [-0.2, 0) is 9.53 Å². The normalized spacial score (nSPS) is 21.3. The summed E-state index contributed by atoms with van der Waals surface area (Å²) < 4.78 is 5.85. The van der Waals surface area contributed by atoms with E-state index in [0.717, 1.165) is 36.8 Å². The largest absolute Gasteiger partial charge is 0.350 e. The number of pyridine rings is 1. The number of aryl methyl sites for hydroxylation is 1. The van der Waals surface area contributed by atoms with E-state index in [9.17, 15) is 4.79 Å². The van der Waals surface area contributed by atoms with E-state index >= 15 is 0 Å². The van der Waals surface area contributed by atoms with Gasteiger partial charge in [0.25, 0.3) is 5.91 Å². The molecule has 3 aromatic rings. The van der Waals surface area contributed by atoms with Crippen LogP contribution in [0.4, 0.5) is 11.6 Å². The molecule has 2 aliphatic rings. The van der Waals surface area contributed by atoms with E-state index in [-0.39, 0.29) is 11.8 Å². The van der Waals surface area contributed by atoms with Gasteiger partial charge in [-0.2, -0.15) is 5.10 Å². The number of methoxy groups -OCH3 is 1. The Balaban J connectivity index is 1.50. The SMILES string of the molecule is COC1(C2CCCCC2)Nc2ncc(-c3cnc(-c4ncn[nH]4)cc3C)nc2N(C)C1=O. The van der Waals surface area contributed by atoms with Crippen molar-refractivity contribution in [1.82, 2.24) is 30.1 Å². The molecule has 0 radical (unpaired) electrons. The fraction of sp³-hybridized carbons (Fsp3) is 0.455. The summed E-state index contributed by atoms with van der Waals surface area (Å²) in [5.41, 5.74) is 2.03. The summed E-state index contributed by atoms with van der Waals surface area (Å²) in [5, 5.41) is 10.00. The van der Waals surface area contributed by atoms with E-state index in [1.54, 1.807) is 31.5 Å². The molecule has 1 unspecified atom stereocenters. The molecule has 1 amide bonds. The van der Waals surface area contributed by atoms with Gasteiger partial charge < -0.3 is 10.1 Å². The summed E-state index contributed by atoms with van der Waals surface area (Å²) in [7, 11) is 3.32. The highest BCUT2D eigenvalue weighted by Crippen LogP contribution is 2.42. The number of amides is 1. The number of carbonyl (C=O) groups is 1. The van der Waals surface area contributed by atoms with Gasteiger partial charge in [-0.15, -0.1) is 0 Å². The zero-order chi connectivity index (χ0) is 22.3. The molecular weight excluding hydrogens is 408 g/mol. The summed E-state index contributed by atoms with van der Waals surface area (Å²) in [4.78, 5) is 33.1. The van der Waals surface area contributed by atoms with Crippen LogP contribution >= 0.6 is 0 Å². The molecule has 1 aliphatic carbocycles. The molecule has 10 heteroatoms. The molecule has 166 valence electrons. The minimum Gasteiger partial charge on any atom is -0.350 e. The Morgan fingerprint density at radius 1 is 1.12 bits per heavy atom. The van der Waals surface area contributed by atoms with E-state index in [0.29, 0.717) is 28.8 Å². The number of ether oxygens (including phenoxy) is 1. The molecule has 0 spiro atoms. The first-order chi connectivity index (χ1) is 15.5. The van der Waals surface area contributed by atoms with Gasteiger partial charge in [0.05, 0.1) is 11.9 Å². The van der Waals surface area contributed by atoms with Crippen LogP contribution in [0.1, 0.15) is 37.7 Å². The summed E-state index contributed by atoms with van der Waals surface area (Å²) in [6.45, 7) is 1.98. The van der Waals surface area contributed by atoms with Gasteiger partial charge in [-0.05, 0) is 31.4 Å². The molecule has 10 nitrogen and oxygen atoms in total. The van der Waals surface area contributed by atoms with Gasteiger partial charge in [0.1, 0.15) is 12.0 Å². The number of aromatic amines is 1. The summed E-state index contributed by atoms with van der Waals surface area (Å²) >= 11 is 0. The maximum absolute atomic E-state index is 13.5. The van der Waals surface area contributed by atoms with Gasteiger partial charge in [0.2, 0.25) is 5.72 Å². The Kier molecular flexibility index (Phi) is 5.09. The third kappa shape index (κ3) is 3.22. The second-order valence-electron chi connectivity index (χ2n) is 8.41. The number of anilines is 2. The molecule has 1 saturated carbocycles. The Hall–Kier alpha value is -3.40. The van der Waals surface area contributed by atoms with Crippen LogP contribution in [0.15, 0.2) is 24.8 Å². The standard InChI is InChI=1S/C22H26N8O2/c1-13-9-16(18-25-12-26-29-18)23-10-15(13)17-11-24-19-20(27-17)30(2)21(31)22(28-19,32-3)14-7-5-4-6-8-14/h9-12,14H,4-8H2,1-3H3,(H,24,28)(H,25,26,29). The van der Waals surface area contributed by atoms with E-state index in [1.165, 1.54) is 12.7 Å². The van der Waals surface area contributed by atoms with Gasteiger partial charge in [-0.25, -0.2) is 15.0 Å². The minimum absolute atomic E-state index is 0.0981. The molecule has 32 heavy (non-hydrogen) atoms. The topological polar surface area (TPSA) is 122 Å². The summed E-state index contributed by atoms with van der Waals surface area (Å²) in [5.74, 6) is 1.59. The molecule has 2 N–H and O–H groups in total. The maximum Gasteiger partial charge on any atom is 0.281 e. The van der Waals surface area contributed by atoms with Gasteiger partial charge in [0.15, 0.2) is 17.5 Å². The van der Waals surface area contributed by atoms with Crippen molar-refractivity contribution in [2.24, 2.45) is 5.92 Å². The fourth-order valence-corrected chi connectivity index (χ4v) is 4.78. The van der Waals surface area contributed by atoms with E-state index in [4.69, 9.17) is 9.72 Å². The molecule has 4 heterocycles. The predicted octanol–water partition coefficient (Wildman–Crippen LogP) is 2.94. The van der Waals surface area contributed by atoms with Crippen LogP contribution in [0.5, 0.6) is 0 Å². The molecular formula is C22H26N8O2. The molecule has 3 aromatic heterocycles. The maximum atomic E-state index is 13.5. The Morgan fingerprint density at radius 3 is 2.62 bits per heavy atom. The number of hydrogen-bond donors (Lipinski definition) is 2. The van der Waals surface area contributed by atoms with Crippen LogP contribution in [-0.4, -0.2) is 55.9 Å².